The van der Waals surface area contributed by atoms with Crippen molar-refractivity contribution in [3.05, 3.63) is 74.6 Å². The molecule has 0 saturated carbocycles. The molecule has 4 unspecified atom stereocenters. The number of fused-ring (bicyclic) bond motifs is 1. The number of rotatable bonds is 20. The first-order valence-corrected chi connectivity index (χ1v) is 19.4. The van der Waals surface area contributed by atoms with E-state index in [1.54, 1.807) is 6.92 Å². The van der Waals surface area contributed by atoms with Gasteiger partial charge in [0.15, 0.2) is 0 Å². The molecule has 0 radical (unpaired) electrons. The summed E-state index contributed by atoms with van der Waals surface area (Å²) in [5, 5.41) is 28.7. The van der Waals surface area contributed by atoms with Crippen molar-refractivity contribution >= 4 is 47.3 Å². The highest BCUT2D eigenvalue weighted by molar-refractivity contribution is 8.00. The van der Waals surface area contributed by atoms with Gasteiger partial charge in [0.05, 0.1) is 29.1 Å². The first-order valence-electron chi connectivity index (χ1n) is 18.3. The average Bonchev–Trinajstić information content (AvgIpc) is 3.72. The number of carbonyl (C=O) groups excluding carboxylic acids is 5. The lowest BCUT2D eigenvalue weighted by Crippen LogP contribution is -2.36. The summed E-state index contributed by atoms with van der Waals surface area (Å²) in [6, 6.07) is 8.37. The van der Waals surface area contributed by atoms with Gasteiger partial charge in [0, 0.05) is 60.7 Å². The number of amides is 6. The van der Waals surface area contributed by atoms with Crippen LogP contribution in [0.15, 0.2) is 36.4 Å². The van der Waals surface area contributed by atoms with E-state index in [2.05, 4.69) is 43.7 Å². The van der Waals surface area contributed by atoms with Crippen LogP contribution in [0.4, 0.5) is 19.7 Å². The average molecular weight is 782 g/mol. The molecule has 0 bridgehead atoms. The largest absolute Gasteiger partial charge is 0.441 e. The van der Waals surface area contributed by atoms with Crippen molar-refractivity contribution in [2.24, 2.45) is 0 Å². The Morgan fingerprint density at radius 1 is 0.982 bits per heavy atom. The van der Waals surface area contributed by atoms with E-state index in [1.165, 1.54) is 37.3 Å². The van der Waals surface area contributed by atoms with Crippen LogP contribution in [-0.2, 0) is 27.4 Å². The number of thioether (sulfide) groups is 1. The maximum atomic E-state index is 14.6. The summed E-state index contributed by atoms with van der Waals surface area (Å²) in [5.41, 5.74) is 0.596. The molecule has 17 heteroatoms. The maximum absolute atomic E-state index is 14.6. The number of nitrogens with one attached hydrogen (secondary N) is 6. The minimum Gasteiger partial charge on any atom is -0.441 e. The summed E-state index contributed by atoms with van der Waals surface area (Å²) in [7, 11) is 0. The van der Waals surface area contributed by atoms with Gasteiger partial charge in [-0.2, -0.15) is 11.8 Å². The molecule has 2 fully saturated rings. The van der Waals surface area contributed by atoms with Gasteiger partial charge in [-0.15, -0.1) is 5.92 Å². The van der Waals surface area contributed by atoms with Crippen LogP contribution in [0.3, 0.4) is 0 Å². The molecule has 2 aliphatic heterocycles. The number of ether oxygens (including phenoxy) is 1. The predicted molar refractivity (Wildman–Crippen MR) is 204 cm³/mol. The van der Waals surface area contributed by atoms with E-state index in [0.29, 0.717) is 30.2 Å². The minimum absolute atomic E-state index is 0.00682. The fraction of sp³-hybridized carbons (Fsp3) is 0.500. The molecule has 15 nitrogen and oxygen atoms in total. The van der Waals surface area contributed by atoms with Gasteiger partial charge in [-0.05, 0) is 63.3 Å². The minimum atomic E-state index is -1.06. The fourth-order valence-corrected chi connectivity index (χ4v) is 7.80. The Labute approximate surface area is 323 Å². The number of urea groups is 1. The fourth-order valence-electron chi connectivity index (χ4n) is 6.25. The third kappa shape index (κ3) is 13.5. The van der Waals surface area contributed by atoms with Crippen LogP contribution in [0, 0.1) is 27.8 Å². The van der Waals surface area contributed by atoms with Gasteiger partial charge in [0.2, 0.25) is 11.8 Å². The molecule has 296 valence electrons. The Morgan fingerprint density at radius 2 is 1.75 bits per heavy atom. The van der Waals surface area contributed by atoms with Gasteiger partial charge in [0.25, 0.3) is 11.6 Å². The molecule has 2 saturated heterocycles. The molecule has 0 aliphatic carbocycles. The second kappa shape index (κ2) is 21.5. The van der Waals surface area contributed by atoms with Crippen LogP contribution in [0.1, 0.15) is 98.4 Å². The number of hydrogen-bond acceptors (Lipinski definition) is 9. The summed E-state index contributed by atoms with van der Waals surface area (Å²) in [6.07, 6.45) is 3.51. The van der Waals surface area contributed by atoms with E-state index in [4.69, 9.17) is 4.74 Å². The SMILES string of the molecule is CC#CCNC(=O)c1ccc(CNC(=O)OC(C)c2cc(CNC(=O)CCCCCNC(=O)CCCCC3SCC4NC(=O)NC43)ccc2[N+](=O)[O-])c(F)c1. The van der Waals surface area contributed by atoms with Crippen molar-refractivity contribution in [3.63, 3.8) is 0 Å². The topological polar surface area (TPSA) is 210 Å². The summed E-state index contributed by atoms with van der Waals surface area (Å²) in [4.78, 5) is 72.0. The zero-order valence-electron chi connectivity index (χ0n) is 31.0. The Morgan fingerprint density at radius 3 is 2.49 bits per heavy atom. The Balaban J connectivity index is 1.11. The maximum Gasteiger partial charge on any atom is 0.408 e. The summed E-state index contributed by atoms with van der Waals surface area (Å²) in [6.45, 7) is 3.59. The summed E-state index contributed by atoms with van der Waals surface area (Å²) < 4.78 is 20.0. The summed E-state index contributed by atoms with van der Waals surface area (Å²) >= 11 is 1.87. The van der Waals surface area contributed by atoms with E-state index < -0.39 is 28.8 Å². The smallest absolute Gasteiger partial charge is 0.408 e. The standard InChI is InChI=1S/C38H48FN7O8S/c1-3-4-17-41-36(49)26-14-15-27(29(39)20-26)22-43-38(51)54-24(2)28-19-25(13-16-31(28)46(52)53)21-42-34(48)11-6-5-9-18-40-33(47)12-8-7-10-32-35-30(23-55-32)44-37(50)45-35/h13-16,19-20,24,30,32,35H,5-12,17-18,21-23H2,1-2H3,(H,40,47)(H,41,49)(H,42,48)(H,43,51)(H2,44,45,50). The third-order valence-electron chi connectivity index (χ3n) is 9.24. The van der Waals surface area contributed by atoms with Gasteiger partial charge < -0.3 is 36.6 Å². The van der Waals surface area contributed by atoms with Gasteiger partial charge >= 0.3 is 12.1 Å². The molecule has 2 aromatic carbocycles. The number of nitrogens with zero attached hydrogens (tertiary/aromatic N) is 1. The lowest BCUT2D eigenvalue weighted by atomic mass is 10.0. The lowest BCUT2D eigenvalue weighted by molar-refractivity contribution is -0.386. The third-order valence-corrected chi connectivity index (χ3v) is 10.7. The van der Waals surface area contributed by atoms with Gasteiger partial charge in [0.1, 0.15) is 11.9 Å². The van der Waals surface area contributed by atoms with Gasteiger partial charge in [-0.25, -0.2) is 14.0 Å². The molecule has 0 spiro atoms. The van der Waals surface area contributed by atoms with Crippen LogP contribution in [-0.4, -0.2) is 70.9 Å². The molecule has 55 heavy (non-hydrogen) atoms. The van der Waals surface area contributed by atoms with Crippen LogP contribution in [0.25, 0.3) is 0 Å². The number of alkyl carbamates (subject to hydrolysis) is 1. The normalized spacial score (nSPS) is 17.4. The first-order chi connectivity index (χ1) is 26.4. The van der Waals surface area contributed by atoms with Crippen molar-refractivity contribution in [3.8, 4) is 11.8 Å². The van der Waals surface area contributed by atoms with E-state index >= 15 is 0 Å². The van der Waals surface area contributed by atoms with Crippen LogP contribution < -0.4 is 31.9 Å². The van der Waals surface area contributed by atoms with Crippen molar-refractivity contribution in [2.45, 2.75) is 102 Å². The van der Waals surface area contributed by atoms with Gasteiger partial charge in [-0.1, -0.05) is 30.9 Å². The number of nitro benzene ring substituents is 1. The first kappa shape index (κ1) is 42.4. The van der Waals surface area contributed by atoms with Crippen LogP contribution in [0.5, 0.6) is 0 Å². The monoisotopic (exact) mass is 781 g/mol. The van der Waals surface area contributed by atoms with E-state index in [9.17, 15) is 38.5 Å². The lowest BCUT2D eigenvalue weighted by Gasteiger charge is -2.16. The van der Waals surface area contributed by atoms with E-state index in [-0.39, 0.29) is 78.4 Å². The Kier molecular flexibility index (Phi) is 16.6. The van der Waals surface area contributed by atoms with E-state index in [1.807, 2.05) is 11.8 Å². The highest BCUT2D eigenvalue weighted by Gasteiger charge is 2.42. The van der Waals surface area contributed by atoms with E-state index in [0.717, 1.165) is 43.9 Å². The zero-order chi connectivity index (χ0) is 39.7. The molecule has 0 aromatic heterocycles. The number of halogens is 1. The van der Waals surface area contributed by atoms with Gasteiger partial charge in [-0.3, -0.25) is 24.5 Å². The molecule has 2 aliphatic rings. The Hall–Kier alpha value is -5.37. The molecular formula is C38H48FN7O8S. The van der Waals surface area contributed by atoms with Crippen molar-refractivity contribution in [1.82, 2.24) is 31.9 Å². The zero-order valence-corrected chi connectivity index (χ0v) is 31.8. The second-order valence-electron chi connectivity index (χ2n) is 13.3. The number of hydrogen-bond donors (Lipinski definition) is 6. The number of unbranched alkanes of at least 4 members (excludes halogenated alkanes) is 3. The molecule has 4 rings (SSSR count). The van der Waals surface area contributed by atoms with Crippen molar-refractivity contribution in [2.75, 3.05) is 18.8 Å². The molecule has 6 amide bonds. The highest BCUT2D eigenvalue weighted by Crippen LogP contribution is 2.33. The summed E-state index contributed by atoms with van der Waals surface area (Å²) in [5.74, 6) is 4.83. The predicted octanol–water partition coefficient (Wildman–Crippen LogP) is 4.49. The molecule has 2 heterocycles. The number of carbonyl (C=O) groups is 5. The quantitative estimate of drug-likeness (QED) is 0.0367. The van der Waals surface area contributed by atoms with Crippen LogP contribution >= 0.6 is 11.8 Å². The number of nitro groups is 1. The number of benzene rings is 2. The highest BCUT2D eigenvalue weighted by atomic mass is 32.2. The molecule has 6 N–H and O–H groups in total. The Bertz CT molecular complexity index is 1780. The molecule has 2 aromatic rings. The van der Waals surface area contributed by atoms with Crippen molar-refractivity contribution < 1.29 is 38.0 Å². The molecular weight excluding hydrogens is 734 g/mol. The van der Waals surface area contributed by atoms with Crippen molar-refractivity contribution in [1.29, 1.82) is 0 Å². The van der Waals surface area contributed by atoms with Crippen LogP contribution in [0.2, 0.25) is 0 Å². The second-order valence-corrected chi connectivity index (χ2v) is 14.5. The molecule has 4 atom stereocenters.